The second-order valence-corrected chi connectivity index (χ2v) is 7.01. The van der Waals surface area contributed by atoms with E-state index in [1.54, 1.807) is 7.05 Å². The third kappa shape index (κ3) is 3.33. The zero-order valence-electron chi connectivity index (χ0n) is 12.0. The minimum absolute atomic E-state index is 0.159. The molecule has 1 aliphatic rings. The van der Waals surface area contributed by atoms with Gasteiger partial charge in [0, 0.05) is 24.8 Å². The van der Waals surface area contributed by atoms with Crippen molar-refractivity contribution in [1.29, 1.82) is 0 Å². The van der Waals surface area contributed by atoms with E-state index in [1.165, 1.54) is 18.2 Å². The molecule has 1 aliphatic carbocycles. The molecule has 0 bridgehead atoms. The molecule has 0 spiro atoms. The number of hydrogen-bond acceptors (Lipinski definition) is 5. The number of hydrogen-bond donors (Lipinski definition) is 2. The van der Waals surface area contributed by atoms with E-state index in [0.29, 0.717) is 5.69 Å². The van der Waals surface area contributed by atoms with Crippen LogP contribution in [0.4, 0.5) is 11.4 Å². The highest BCUT2D eigenvalue weighted by molar-refractivity contribution is 7.89. The highest BCUT2D eigenvalue weighted by Crippen LogP contribution is 2.30. The maximum atomic E-state index is 12.5. The molecule has 2 rings (SSSR count). The van der Waals surface area contributed by atoms with Crippen LogP contribution in [0.3, 0.4) is 0 Å². The van der Waals surface area contributed by atoms with Gasteiger partial charge in [-0.15, -0.1) is 0 Å². The van der Waals surface area contributed by atoms with Crippen LogP contribution in [0.15, 0.2) is 23.1 Å². The molecule has 1 aromatic carbocycles. The highest BCUT2D eigenvalue weighted by atomic mass is 32.2. The van der Waals surface area contributed by atoms with E-state index in [2.05, 4.69) is 10.0 Å². The van der Waals surface area contributed by atoms with E-state index in [9.17, 15) is 18.5 Å². The van der Waals surface area contributed by atoms with Gasteiger partial charge in [-0.25, -0.2) is 13.1 Å². The number of benzene rings is 1. The summed E-state index contributed by atoms with van der Waals surface area (Å²) >= 11 is 0. The van der Waals surface area contributed by atoms with Crippen molar-refractivity contribution in [2.45, 2.75) is 37.1 Å². The van der Waals surface area contributed by atoms with E-state index in [-0.39, 0.29) is 16.9 Å². The van der Waals surface area contributed by atoms with Crippen LogP contribution in [-0.4, -0.2) is 26.4 Å². The van der Waals surface area contributed by atoms with E-state index in [4.69, 9.17) is 0 Å². The van der Waals surface area contributed by atoms with Gasteiger partial charge in [-0.3, -0.25) is 10.1 Å². The van der Waals surface area contributed by atoms with Crippen molar-refractivity contribution in [3.63, 3.8) is 0 Å². The van der Waals surface area contributed by atoms with E-state index in [1.807, 2.05) is 6.92 Å². The molecule has 0 radical (unpaired) electrons. The Bertz CT molecular complexity index is 645. The Balaban J connectivity index is 2.40. The lowest BCUT2D eigenvalue weighted by Crippen LogP contribution is -2.36. The quantitative estimate of drug-likeness (QED) is 0.640. The highest BCUT2D eigenvalue weighted by Gasteiger charge is 2.32. The largest absolute Gasteiger partial charge is 0.388 e. The number of nitro groups is 1. The Kier molecular flexibility index (Phi) is 4.48. The standard InChI is InChI=1S/C13H19N3O4S/c1-9-4-3-5-11(9)15-21(19,20)13-8-10(14-2)6-7-12(13)16(17)18/h6-9,11,14-15H,3-5H2,1-2H3. The van der Waals surface area contributed by atoms with Crippen molar-refractivity contribution in [3.05, 3.63) is 28.3 Å². The Hall–Kier alpha value is -1.67. The molecule has 0 aromatic heterocycles. The minimum atomic E-state index is -3.92. The fourth-order valence-electron chi connectivity index (χ4n) is 2.62. The molecule has 2 N–H and O–H groups in total. The Morgan fingerprint density at radius 1 is 1.33 bits per heavy atom. The van der Waals surface area contributed by atoms with Crippen molar-refractivity contribution in [1.82, 2.24) is 4.72 Å². The first-order valence-electron chi connectivity index (χ1n) is 6.83. The first kappa shape index (κ1) is 15.7. The summed E-state index contributed by atoms with van der Waals surface area (Å²) in [6.07, 6.45) is 2.69. The van der Waals surface area contributed by atoms with Gasteiger partial charge in [-0.1, -0.05) is 13.3 Å². The molecule has 2 atom stereocenters. The second-order valence-electron chi connectivity index (χ2n) is 5.33. The van der Waals surface area contributed by atoms with Crippen molar-refractivity contribution < 1.29 is 13.3 Å². The number of nitrogens with one attached hydrogen (secondary N) is 2. The van der Waals surface area contributed by atoms with Crippen LogP contribution >= 0.6 is 0 Å². The summed E-state index contributed by atoms with van der Waals surface area (Å²) in [6.45, 7) is 1.98. The summed E-state index contributed by atoms with van der Waals surface area (Å²) in [5, 5.41) is 13.9. The Morgan fingerprint density at radius 3 is 2.57 bits per heavy atom. The molecule has 21 heavy (non-hydrogen) atoms. The molecule has 1 saturated carbocycles. The average molecular weight is 313 g/mol. The van der Waals surface area contributed by atoms with Crippen LogP contribution < -0.4 is 10.0 Å². The summed E-state index contributed by atoms with van der Waals surface area (Å²) < 4.78 is 27.6. The van der Waals surface area contributed by atoms with E-state index >= 15 is 0 Å². The van der Waals surface area contributed by atoms with Gasteiger partial charge in [0.05, 0.1) is 4.92 Å². The first-order chi connectivity index (χ1) is 9.85. The average Bonchev–Trinajstić information content (AvgIpc) is 2.82. The summed E-state index contributed by atoms with van der Waals surface area (Å²) in [4.78, 5) is 10.1. The van der Waals surface area contributed by atoms with Gasteiger partial charge in [0.1, 0.15) is 0 Å². The third-order valence-electron chi connectivity index (χ3n) is 3.90. The van der Waals surface area contributed by atoms with Crippen molar-refractivity contribution in [2.24, 2.45) is 5.92 Å². The van der Waals surface area contributed by atoms with Crippen LogP contribution in [0, 0.1) is 16.0 Å². The second kappa shape index (κ2) is 5.98. The van der Waals surface area contributed by atoms with Crippen LogP contribution in [0.1, 0.15) is 26.2 Å². The molecule has 1 aromatic rings. The van der Waals surface area contributed by atoms with Gasteiger partial charge in [0.25, 0.3) is 5.69 Å². The van der Waals surface area contributed by atoms with Crippen LogP contribution in [-0.2, 0) is 10.0 Å². The smallest absolute Gasteiger partial charge is 0.289 e. The molecule has 0 aliphatic heterocycles. The number of anilines is 1. The van der Waals surface area contributed by atoms with Gasteiger partial charge in [-0.2, -0.15) is 0 Å². The maximum Gasteiger partial charge on any atom is 0.289 e. The van der Waals surface area contributed by atoms with Crippen molar-refractivity contribution in [2.75, 3.05) is 12.4 Å². The van der Waals surface area contributed by atoms with E-state index in [0.717, 1.165) is 19.3 Å². The summed E-state index contributed by atoms with van der Waals surface area (Å²) in [6, 6.07) is 3.82. The molecule has 7 nitrogen and oxygen atoms in total. The Morgan fingerprint density at radius 2 is 2.05 bits per heavy atom. The van der Waals surface area contributed by atoms with Gasteiger partial charge in [-0.05, 0) is 30.9 Å². The topological polar surface area (TPSA) is 101 Å². The van der Waals surface area contributed by atoms with Gasteiger partial charge in [0.2, 0.25) is 10.0 Å². The SMILES string of the molecule is CNc1ccc([N+](=O)[O-])c(S(=O)(=O)NC2CCCC2C)c1. The Labute approximate surface area is 123 Å². The van der Waals surface area contributed by atoms with Gasteiger partial charge in [0.15, 0.2) is 4.90 Å². The molecule has 2 unspecified atom stereocenters. The maximum absolute atomic E-state index is 12.5. The summed E-state index contributed by atoms with van der Waals surface area (Å²) in [7, 11) is -2.29. The number of nitro benzene ring substituents is 1. The molecule has 0 amide bonds. The number of sulfonamides is 1. The third-order valence-corrected chi connectivity index (χ3v) is 5.42. The summed E-state index contributed by atoms with van der Waals surface area (Å²) in [5.74, 6) is 0.242. The molecule has 116 valence electrons. The van der Waals surface area contributed by atoms with Crippen LogP contribution in [0.2, 0.25) is 0 Å². The fourth-order valence-corrected chi connectivity index (χ4v) is 4.19. The van der Waals surface area contributed by atoms with E-state index < -0.39 is 20.6 Å². The molecule has 0 heterocycles. The molecule has 0 saturated heterocycles. The fraction of sp³-hybridized carbons (Fsp3) is 0.538. The number of rotatable bonds is 5. The minimum Gasteiger partial charge on any atom is -0.388 e. The lowest BCUT2D eigenvalue weighted by atomic mass is 10.1. The predicted molar refractivity (Wildman–Crippen MR) is 79.8 cm³/mol. The predicted octanol–water partition coefficient (Wildman–Crippen LogP) is 2.10. The zero-order valence-corrected chi connectivity index (χ0v) is 12.8. The van der Waals surface area contributed by atoms with Gasteiger partial charge >= 0.3 is 0 Å². The van der Waals surface area contributed by atoms with Gasteiger partial charge < -0.3 is 5.32 Å². The van der Waals surface area contributed by atoms with Crippen molar-refractivity contribution in [3.8, 4) is 0 Å². The molecule has 1 fully saturated rings. The molecular formula is C13H19N3O4S. The zero-order chi connectivity index (χ0) is 15.6. The van der Waals surface area contributed by atoms with Crippen LogP contribution in [0.25, 0.3) is 0 Å². The molecule has 8 heteroatoms. The normalized spacial score (nSPS) is 22.2. The van der Waals surface area contributed by atoms with Crippen molar-refractivity contribution >= 4 is 21.4 Å². The lowest BCUT2D eigenvalue weighted by molar-refractivity contribution is -0.387. The lowest BCUT2D eigenvalue weighted by Gasteiger charge is -2.17. The summed E-state index contributed by atoms with van der Waals surface area (Å²) in [5.41, 5.74) is 0.104. The van der Waals surface area contributed by atoms with Crippen LogP contribution in [0.5, 0.6) is 0 Å². The first-order valence-corrected chi connectivity index (χ1v) is 8.32. The number of nitrogens with zero attached hydrogens (tertiary/aromatic N) is 1. The molecular weight excluding hydrogens is 294 g/mol. The monoisotopic (exact) mass is 313 g/mol.